The number of hydrogen-bond acceptors (Lipinski definition) is 3. The van der Waals surface area contributed by atoms with Crippen LogP contribution in [0.1, 0.15) is 46.0 Å². The van der Waals surface area contributed by atoms with Crippen molar-refractivity contribution in [2.45, 2.75) is 46.0 Å². The van der Waals surface area contributed by atoms with Crippen LogP contribution in [-0.2, 0) is 9.59 Å². The van der Waals surface area contributed by atoms with E-state index in [2.05, 4.69) is 24.5 Å². The van der Waals surface area contributed by atoms with Gasteiger partial charge in [0.2, 0.25) is 5.91 Å². The SMILES string of the molecule is CNCCCC(=O)NCCC(CCC(=O)O)C(C)C. The van der Waals surface area contributed by atoms with Gasteiger partial charge in [-0.3, -0.25) is 9.59 Å². The van der Waals surface area contributed by atoms with E-state index in [-0.39, 0.29) is 12.3 Å². The fourth-order valence-corrected chi connectivity index (χ4v) is 2.03. The van der Waals surface area contributed by atoms with Gasteiger partial charge in [-0.05, 0) is 44.7 Å². The summed E-state index contributed by atoms with van der Waals surface area (Å²) in [7, 11) is 1.87. The molecule has 0 bridgehead atoms. The van der Waals surface area contributed by atoms with Crippen LogP contribution in [0.15, 0.2) is 0 Å². The minimum absolute atomic E-state index is 0.0796. The van der Waals surface area contributed by atoms with Crippen molar-refractivity contribution in [3.8, 4) is 0 Å². The van der Waals surface area contributed by atoms with Crippen LogP contribution in [0, 0.1) is 11.8 Å². The van der Waals surface area contributed by atoms with Crippen molar-refractivity contribution in [1.82, 2.24) is 10.6 Å². The van der Waals surface area contributed by atoms with Gasteiger partial charge in [-0.15, -0.1) is 0 Å². The van der Waals surface area contributed by atoms with Crippen LogP contribution >= 0.6 is 0 Å². The second-order valence-electron chi connectivity index (χ2n) is 5.28. The van der Waals surface area contributed by atoms with Gasteiger partial charge in [0.15, 0.2) is 0 Å². The molecule has 0 radical (unpaired) electrons. The average molecular weight is 272 g/mol. The number of carbonyl (C=O) groups is 2. The lowest BCUT2D eigenvalue weighted by Crippen LogP contribution is -2.27. The summed E-state index contributed by atoms with van der Waals surface area (Å²) in [6.45, 7) is 5.68. The summed E-state index contributed by atoms with van der Waals surface area (Å²) in [5.41, 5.74) is 0. The molecular weight excluding hydrogens is 244 g/mol. The molecular formula is C14H28N2O3. The maximum Gasteiger partial charge on any atom is 0.303 e. The first-order valence-electron chi connectivity index (χ1n) is 7.10. The fourth-order valence-electron chi connectivity index (χ4n) is 2.03. The van der Waals surface area contributed by atoms with Crippen molar-refractivity contribution in [2.75, 3.05) is 20.1 Å². The van der Waals surface area contributed by atoms with Gasteiger partial charge in [-0.1, -0.05) is 13.8 Å². The molecule has 0 aromatic heterocycles. The Morgan fingerprint density at radius 3 is 2.32 bits per heavy atom. The molecule has 0 spiro atoms. The molecule has 1 atom stereocenters. The van der Waals surface area contributed by atoms with E-state index in [9.17, 15) is 9.59 Å². The van der Waals surface area contributed by atoms with Crippen molar-refractivity contribution in [3.05, 3.63) is 0 Å². The van der Waals surface area contributed by atoms with Gasteiger partial charge in [-0.25, -0.2) is 0 Å². The minimum atomic E-state index is -0.748. The molecule has 19 heavy (non-hydrogen) atoms. The summed E-state index contributed by atoms with van der Waals surface area (Å²) in [6, 6.07) is 0. The smallest absolute Gasteiger partial charge is 0.303 e. The highest BCUT2D eigenvalue weighted by Gasteiger charge is 2.15. The van der Waals surface area contributed by atoms with E-state index < -0.39 is 5.97 Å². The lowest BCUT2D eigenvalue weighted by atomic mass is 9.88. The molecule has 0 heterocycles. The number of aliphatic carboxylic acids is 1. The summed E-state index contributed by atoms with van der Waals surface area (Å²) in [5, 5.41) is 14.6. The zero-order chi connectivity index (χ0) is 14.7. The van der Waals surface area contributed by atoms with Gasteiger partial charge < -0.3 is 15.7 Å². The van der Waals surface area contributed by atoms with Crippen molar-refractivity contribution in [2.24, 2.45) is 11.8 Å². The summed E-state index contributed by atoms with van der Waals surface area (Å²) in [4.78, 5) is 22.1. The van der Waals surface area contributed by atoms with E-state index in [0.717, 1.165) is 19.4 Å². The van der Waals surface area contributed by atoms with Crippen molar-refractivity contribution in [3.63, 3.8) is 0 Å². The fraction of sp³-hybridized carbons (Fsp3) is 0.857. The Kier molecular flexibility index (Phi) is 10.2. The van der Waals surface area contributed by atoms with Crippen LogP contribution in [0.2, 0.25) is 0 Å². The van der Waals surface area contributed by atoms with E-state index in [1.54, 1.807) is 0 Å². The largest absolute Gasteiger partial charge is 0.481 e. The second-order valence-corrected chi connectivity index (χ2v) is 5.28. The first kappa shape index (κ1) is 17.9. The van der Waals surface area contributed by atoms with E-state index in [1.165, 1.54) is 0 Å². The summed E-state index contributed by atoms with van der Waals surface area (Å²) < 4.78 is 0. The monoisotopic (exact) mass is 272 g/mol. The summed E-state index contributed by atoms with van der Waals surface area (Å²) in [6.07, 6.45) is 3.13. The Bertz CT molecular complexity index is 267. The highest BCUT2D eigenvalue weighted by atomic mass is 16.4. The average Bonchev–Trinajstić information content (AvgIpc) is 2.33. The lowest BCUT2D eigenvalue weighted by molar-refractivity contribution is -0.137. The van der Waals surface area contributed by atoms with E-state index >= 15 is 0 Å². The molecule has 0 aliphatic heterocycles. The standard InChI is InChI=1S/C14H28N2O3/c1-11(2)12(6-7-14(18)19)8-10-16-13(17)5-4-9-15-3/h11-12,15H,4-10H2,1-3H3,(H,16,17)(H,18,19). The predicted molar refractivity (Wildman–Crippen MR) is 76.0 cm³/mol. The Balaban J connectivity index is 3.79. The number of carboxylic acid groups (broad SMARTS) is 1. The molecule has 0 aliphatic carbocycles. The van der Waals surface area contributed by atoms with Gasteiger partial charge in [0.05, 0.1) is 0 Å². The van der Waals surface area contributed by atoms with Crippen LogP contribution in [0.5, 0.6) is 0 Å². The van der Waals surface area contributed by atoms with Gasteiger partial charge >= 0.3 is 5.97 Å². The molecule has 1 amide bonds. The second kappa shape index (κ2) is 10.8. The summed E-state index contributed by atoms with van der Waals surface area (Å²) >= 11 is 0. The molecule has 5 nitrogen and oxygen atoms in total. The van der Waals surface area contributed by atoms with Crippen LogP contribution in [0.3, 0.4) is 0 Å². The first-order valence-corrected chi connectivity index (χ1v) is 7.10. The number of carboxylic acids is 1. The topological polar surface area (TPSA) is 78.4 Å². The predicted octanol–water partition coefficient (Wildman–Crippen LogP) is 1.63. The maximum absolute atomic E-state index is 11.5. The lowest BCUT2D eigenvalue weighted by Gasteiger charge is -2.20. The molecule has 0 rings (SSSR count). The third-order valence-corrected chi connectivity index (χ3v) is 3.34. The number of nitrogens with one attached hydrogen (secondary N) is 2. The van der Waals surface area contributed by atoms with Crippen molar-refractivity contribution >= 4 is 11.9 Å². The molecule has 3 N–H and O–H groups in total. The molecule has 5 heteroatoms. The third-order valence-electron chi connectivity index (χ3n) is 3.34. The normalized spacial score (nSPS) is 12.4. The highest BCUT2D eigenvalue weighted by molar-refractivity contribution is 5.75. The Morgan fingerprint density at radius 2 is 1.79 bits per heavy atom. The maximum atomic E-state index is 11.5. The molecule has 0 aliphatic rings. The number of hydrogen-bond donors (Lipinski definition) is 3. The minimum Gasteiger partial charge on any atom is -0.481 e. The number of carbonyl (C=O) groups excluding carboxylic acids is 1. The van der Waals surface area contributed by atoms with Gasteiger partial charge in [0.1, 0.15) is 0 Å². The molecule has 0 aromatic carbocycles. The van der Waals surface area contributed by atoms with Crippen LogP contribution in [-0.4, -0.2) is 37.1 Å². The number of rotatable bonds is 11. The highest BCUT2D eigenvalue weighted by Crippen LogP contribution is 2.20. The van der Waals surface area contributed by atoms with Gasteiger partial charge in [0.25, 0.3) is 0 Å². The third kappa shape index (κ3) is 10.5. The van der Waals surface area contributed by atoms with E-state index in [4.69, 9.17) is 5.11 Å². The van der Waals surface area contributed by atoms with Gasteiger partial charge in [-0.2, -0.15) is 0 Å². The van der Waals surface area contributed by atoms with Crippen molar-refractivity contribution < 1.29 is 14.7 Å². The van der Waals surface area contributed by atoms with Crippen LogP contribution in [0.25, 0.3) is 0 Å². The molecule has 0 fully saturated rings. The molecule has 1 unspecified atom stereocenters. The molecule has 0 saturated carbocycles. The number of amides is 1. The zero-order valence-corrected chi connectivity index (χ0v) is 12.4. The molecule has 0 saturated heterocycles. The Labute approximate surface area is 116 Å². The van der Waals surface area contributed by atoms with E-state index in [1.807, 2.05) is 7.05 Å². The van der Waals surface area contributed by atoms with Crippen LogP contribution < -0.4 is 10.6 Å². The first-order chi connectivity index (χ1) is 8.97. The Hall–Kier alpha value is -1.10. The van der Waals surface area contributed by atoms with E-state index in [0.29, 0.717) is 31.2 Å². The zero-order valence-electron chi connectivity index (χ0n) is 12.4. The van der Waals surface area contributed by atoms with Crippen molar-refractivity contribution in [1.29, 1.82) is 0 Å². The molecule has 112 valence electrons. The quantitative estimate of drug-likeness (QED) is 0.500. The summed E-state index contributed by atoms with van der Waals surface area (Å²) in [5.74, 6) is 0.131. The van der Waals surface area contributed by atoms with Gasteiger partial charge in [0, 0.05) is 19.4 Å². The Morgan fingerprint density at radius 1 is 1.11 bits per heavy atom. The van der Waals surface area contributed by atoms with Crippen LogP contribution in [0.4, 0.5) is 0 Å². The molecule has 0 aromatic rings.